The van der Waals surface area contributed by atoms with Gasteiger partial charge < -0.3 is 18.8 Å². The lowest BCUT2D eigenvalue weighted by atomic mass is 10.1. The van der Waals surface area contributed by atoms with Crippen LogP contribution in [-0.2, 0) is 11.4 Å². The van der Waals surface area contributed by atoms with Crippen molar-refractivity contribution in [2.75, 3.05) is 13.4 Å². The zero-order chi connectivity index (χ0) is 22.6. The summed E-state index contributed by atoms with van der Waals surface area (Å²) in [6.07, 6.45) is 5.83. The maximum Gasteiger partial charge on any atom is 0.231 e. The van der Waals surface area contributed by atoms with Gasteiger partial charge in [-0.1, -0.05) is 24.3 Å². The van der Waals surface area contributed by atoms with Gasteiger partial charge in [0.15, 0.2) is 11.5 Å². The molecule has 1 aliphatic heterocycles. The first-order chi connectivity index (χ1) is 15.4. The maximum absolute atomic E-state index is 13.0. The summed E-state index contributed by atoms with van der Waals surface area (Å²) in [5, 5.41) is 8.69. The molecule has 0 saturated heterocycles. The van der Waals surface area contributed by atoms with Gasteiger partial charge in [-0.05, 0) is 61.9 Å². The van der Waals surface area contributed by atoms with E-state index >= 15 is 0 Å². The van der Waals surface area contributed by atoms with Crippen LogP contribution in [0.4, 0.5) is 0 Å². The number of benzene rings is 2. The smallest absolute Gasteiger partial charge is 0.231 e. The van der Waals surface area contributed by atoms with Crippen molar-refractivity contribution in [1.82, 2.24) is 4.57 Å². The molecule has 1 aliphatic rings. The Bertz CT molecular complexity index is 1130. The Kier molecular flexibility index (Phi) is 6.30. The zero-order valence-corrected chi connectivity index (χ0v) is 18.0. The number of carbonyl (C=O) groups excluding carboxylic acids is 1. The van der Waals surface area contributed by atoms with Crippen molar-refractivity contribution in [2.45, 2.75) is 26.0 Å². The number of ketones is 1. The van der Waals surface area contributed by atoms with E-state index in [2.05, 4.69) is 4.89 Å². The largest absolute Gasteiger partial charge is 0.485 e. The third kappa shape index (κ3) is 5.01. The normalized spacial score (nSPS) is 13.0. The molecule has 0 atom stereocenters. The van der Waals surface area contributed by atoms with Crippen molar-refractivity contribution in [3.63, 3.8) is 0 Å². The highest BCUT2D eigenvalue weighted by atomic mass is 17.1. The zero-order valence-electron chi connectivity index (χ0n) is 18.0. The second-order valence-electron chi connectivity index (χ2n) is 8.05. The summed E-state index contributed by atoms with van der Waals surface area (Å²) in [4.78, 5) is 17.2. The van der Waals surface area contributed by atoms with Gasteiger partial charge in [0.25, 0.3) is 0 Å². The van der Waals surface area contributed by atoms with Gasteiger partial charge >= 0.3 is 0 Å². The Morgan fingerprint density at radius 1 is 1.12 bits per heavy atom. The van der Waals surface area contributed by atoms with Crippen LogP contribution in [0, 0.1) is 0 Å². The van der Waals surface area contributed by atoms with Crippen molar-refractivity contribution >= 4 is 11.9 Å². The van der Waals surface area contributed by atoms with Crippen LogP contribution in [0.15, 0.2) is 66.9 Å². The van der Waals surface area contributed by atoms with Gasteiger partial charge in [0.2, 0.25) is 12.6 Å². The molecule has 2 aromatic carbocycles. The summed E-state index contributed by atoms with van der Waals surface area (Å²) >= 11 is 0. The number of nitrogens with zero attached hydrogens (tertiary/aromatic N) is 1. The standard InChI is InChI=1S/C25H25NO6/c1-25(2,16-31-28)32-20-8-3-6-18(14-20)7-4-12-26-13-5-9-21(26)24(27)19-10-11-22-23(15-19)30-17-29-22/h3-11,13-15,28H,12,16-17H2,1-2H3. The fourth-order valence-corrected chi connectivity index (χ4v) is 3.45. The quantitative estimate of drug-likeness (QED) is 0.295. The van der Waals surface area contributed by atoms with Crippen molar-refractivity contribution in [2.24, 2.45) is 0 Å². The molecule has 166 valence electrons. The first kappa shape index (κ1) is 21.7. The fourth-order valence-electron chi connectivity index (χ4n) is 3.45. The van der Waals surface area contributed by atoms with E-state index in [1.807, 2.05) is 67.1 Å². The minimum atomic E-state index is -0.661. The van der Waals surface area contributed by atoms with Crippen LogP contribution >= 0.6 is 0 Å². The Morgan fingerprint density at radius 2 is 1.97 bits per heavy atom. The van der Waals surface area contributed by atoms with Crippen LogP contribution in [-0.4, -0.2) is 34.6 Å². The molecule has 7 nitrogen and oxygen atoms in total. The average molecular weight is 435 g/mol. The lowest BCUT2D eigenvalue weighted by molar-refractivity contribution is -0.264. The Hall–Kier alpha value is -3.55. The van der Waals surface area contributed by atoms with Crippen molar-refractivity contribution in [1.29, 1.82) is 0 Å². The fraction of sp³-hybridized carbons (Fsp3) is 0.240. The Morgan fingerprint density at radius 3 is 2.81 bits per heavy atom. The SMILES string of the molecule is CC(C)(COO)Oc1cccc(C=CCn2cccc2C(=O)c2ccc3c(c2)OCO3)c1. The van der Waals surface area contributed by atoms with Crippen LogP contribution in [0.3, 0.4) is 0 Å². The summed E-state index contributed by atoms with van der Waals surface area (Å²) in [6.45, 7) is 4.43. The molecule has 1 N–H and O–H groups in total. The van der Waals surface area contributed by atoms with E-state index in [0.29, 0.717) is 35.1 Å². The number of hydrogen-bond acceptors (Lipinski definition) is 6. The van der Waals surface area contributed by atoms with E-state index < -0.39 is 5.60 Å². The molecule has 0 unspecified atom stereocenters. The summed E-state index contributed by atoms with van der Waals surface area (Å²) in [5.41, 5.74) is 1.44. The molecule has 4 rings (SSSR count). The van der Waals surface area contributed by atoms with E-state index in [0.717, 1.165) is 5.56 Å². The molecule has 0 bridgehead atoms. The molecule has 1 aromatic heterocycles. The molecule has 0 amide bonds. The minimum Gasteiger partial charge on any atom is -0.485 e. The Balaban J connectivity index is 1.44. The Labute approximate surface area is 186 Å². The van der Waals surface area contributed by atoms with Gasteiger partial charge in [-0.15, -0.1) is 0 Å². The summed E-state index contributed by atoms with van der Waals surface area (Å²) in [7, 11) is 0. The second-order valence-corrected chi connectivity index (χ2v) is 8.05. The predicted molar refractivity (Wildman–Crippen MR) is 119 cm³/mol. The van der Waals surface area contributed by atoms with E-state index in [1.165, 1.54) is 0 Å². The number of ether oxygens (including phenoxy) is 3. The highest BCUT2D eigenvalue weighted by Crippen LogP contribution is 2.33. The maximum atomic E-state index is 13.0. The first-order valence-electron chi connectivity index (χ1n) is 10.3. The number of aromatic nitrogens is 1. The van der Waals surface area contributed by atoms with Crippen LogP contribution in [0.2, 0.25) is 0 Å². The van der Waals surface area contributed by atoms with Crippen molar-refractivity contribution in [3.8, 4) is 17.2 Å². The van der Waals surface area contributed by atoms with E-state index in [-0.39, 0.29) is 19.2 Å². The van der Waals surface area contributed by atoms with Gasteiger partial charge in [0.05, 0.1) is 5.69 Å². The molecule has 0 spiro atoms. The number of carbonyl (C=O) groups is 1. The van der Waals surface area contributed by atoms with Gasteiger partial charge in [0.1, 0.15) is 18.0 Å². The molecular weight excluding hydrogens is 410 g/mol. The monoisotopic (exact) mass is 435 g/mol. The molecule has 2 heterocycles. The highest BCUT2D eigenvalue weighted by Gasteiger charge is 2.21. The number of rotatable bonds is 9. The molecular formula is C25H25NO6. The van der Waals surface area contributed by atoms with Gasteiger partial charge in [-0.2, -0.15) is 0 Å². The third-order valence-corrected chi connectivity index (χ3v) is 4.97. The van der Waals surface area contributed by atoms with Gasteiger partial charge in [0, 0.05) is 18.3 Å². The van der Waals surface area contributed by atoms with Crippen LogP contribution < -0.4 is 14.2 Å². The van der Waals surface area contributed by atoms with E-state index in [9.17, 15) is 4.79 Å². The molecule has 0 fully saturated rings. The minimum absolute atomic E-state index is 0.0564. The van der Waals surface area contributed by atoms with E-state index in [4.69, 9.17) is 19.5 Å². The topological polar surface area (TPSA) is 79.2 Å². The summed E-state index contributed by atoms with van der Waals surface area (Å²) < 4.78 is 18.5. The molecule has 0 aliphatic carbocycles. The van der Waals surface area contributed by atoms with Gasteiger partial charge in [-0.25, -0.2) is 4.89 Å². The molecule has 3 aromatic rings. The van der Waals surface area contributed by atoms with Gasteiger partial charge in [-0.3, -0.25) is 10.1 Å². The number of fused-ring (bicyclic) bond motifs is 1. The van der Waals surface area contributed by atoms with Crippen LogP contribution in [0.5, 0.6) is 17.2 Å². The summed E-state index contributed by atoms with van der Waals surface area (Å²) in [5.74, 6) is 1.84. The lowest BCUT2D eigenvalue weighted by Gasteiger charge is -2.24. The average Bonchev–Trinajstić information content (AvgIpc) is 3.42. The lowest BCUT2D eigenvalue weighted by Crippen LogP contribution is -2.33. The molecule has 32 heavy (non-hydrogen) atoms. The third-order valence-electron chi connectivity index (χ3n) is 4.97. The number of allylic oxidation sites excluding steroid dienone is 1. The van der Waals surface area contributed by atoms with E-state index in [1.54, 1.807) is 24.3 Å². The molecule has 7 heteroatoms. The van der Waals surface area contributed by atoms with Crippen molar-refractivity contribution < 1.29 is 29.1 Å². The molecule has 0 radical (unpaired) electrons. The van der Waals surface area contributed by atoms with Crippen LogP contribution in [0.25, 0.3) is 6.08 Å². The second kappa shape index (κ2) is 9.30. The number of hydrogen-bond donors (Lipinski definition) is 1. The van der Waals surface area contributed by atoms with Crippen molar-refractivity contribution in [3.05, 3.63) is 83.7 Å². The summed E-state index contributed by atoms with van der Waals surface area (Å²) in [6, 6.07) is 16.5. The highest BCUT2D eigenvalue weighted by molar-refractivity contribution is 6.08. The first-order valence-corrected chi connectivity index (χ1v) is 10.3. The predicted octanol–water partition coefficient (Wildman–Crippen LogP) is 4.81. The molecule has 0 saturated carbocycles. The van der Waals surface area contributed by atoms with Crippen LogP contribution in [0.1, 0.15) is 35.5 Å².